The highest BCUT2D eigenvalue weighted by molar-refractivity contribution is 5.78. The number of amides is 2. The van der Waals surface area contributed by atoms with Crippen molar-refractivity contribution in [3.63, 3.8) is 0 Å². The Labute approximate surface area is 115 Å². The van der Waals surface area contributed by atoms with E-state index in [1.165, 1.54) is 0 Å². The summed E-state index contributed by atoms with van der Waals surface area (Å²) in [7, 11) is 0. The zero-order valence-electron chi connectivity index (χ0n) is 12.1. The molecule has 110 valence electrons. The normalized spacial score (nSPS) is 23.3. The highest BCUT2D eigenvalue weighted by atomic mass is 16.2. The summed E-state index contributed by atoms with van der Waals surface area (Å²) in [5, 5.41) is 6.16. The van der Waals surface area contributed by atoms with E-state index in [0.717, 1.165) is 38.6 Å². The molecule has 1 aliphatic carbocycles. The molecule has 0 saturated heterocycles. The van der Waals surface area contributed by atoms with E-state index in [1.54, 1.807) is 0 Å². The van der Waals surface area contributed by atoms with Gasteiger partial charge in [-0.15, -0.1) is 0 Å². The van der Waals surface area contributed by atoms with Crippen molar-refractivity contribution in [3.8, 4) is 0 Å². The smallest absolute Gasteiger partial charge is 0.233 e. The average Bonchev–Trinajstić information content (AvgIpc) is 2.36. The Kier molecular flexibility index (Phi) is 6.84. The average molecular weight is 269 g/mol. The lowest BCUT2D eigenvalue weighted by atomic mass is 9.85. The van der Waals surface area contributed by atoms with Gasteiger partial charge < -0.3 is 16.4 Å². The molecule has 1 aliphatic rings. The molecule has 4 N–H and O–H groups in total. The molecule has 0 aromatic carbocycles. The fourth-order valence-electron chi connectivity index (χ4n) is 2.38. The van der Waals surface area contributed by atoms with Gasteiger partial charge in [-0.3, -0.25) is 9.59 Å². The Balaban J connectivity index is 2.10. The van der Waals surface area contributed by atoms with E-state index in [2.05, 4.69) is 24.5 Å². The minimum Gasteiger partial charge on any atom is -0.369 e. The third-order valence-electron chi connectivity index (χ3n) is 3.72. The standard InChI is InChI=1S/C14H27N3O2/c1-10(2)7-8-16-13(18)9-17-12-5-3-11(4-6-12)14(15)19/h10-12,17H,3-9H2,1-2H3,(H2,15,19)(H,16,18). The van der Waals surface area contributed by atoms with Gasteiger partial charge in [-0.05, 0) is 38.0 Å². The van der Waals surface area contributed by atoms with Crippen LogP contribution in [0, 0.1) is 11.8 Å². The molecule has 0 aromatic rings. The summed E-state index contributed by atoms with van der Waals surface area (Å²) in [5.41, 5.74) is 5.29. The molecular formula is C14H27N3O2. The Bertz CT molecular complexity index is 297. The summed E-state index contributed by atoms with van der Waals surface area (Å²) < 4.78 is 0. The van der Waals surface area contributed by atoms with Crippen LogP contribution in [0.25, 0.3) is 0 Å². The first-order valence-corrected chi connectivity index (χ1v) is 7.28. The molecule has 1 saturated carbocycles. The van der Waals surface area contributed by atoms with E-state index in [1.807, 2.05) is 0 Å². The van der Waals surface area contributed by atoms with Crippen LogP contribution in [0.15, 0.2) is 0 Å². The van der Waals surface area contributed by atoms with Crippen LogP contribution >= 0.6 is 0 Å². The number of primary amides is 1. The molecule has 0 spiro atoms. The number of carbonyl (C=O) groups excluding carboxylic acids is 2. The van der Waals surface area contributed by atoms with Gasteiger partial charge in [0.1, 0.15) is 0 Å². The first kappa shape index (κ1) is 16.0. The molecule has 5 heteroatoms. The summed E-state index contributed by atoms with van der Waals surface area (Å²) >= 11 is 0. The Hall–Kier alpha value is -1.10. The summed E-state index contributed by atoms with van der Waals surface area (Å²) in [6, 6.07) is 0.339. The van der Waals surface area contributed by atoms with Gasteiger partial charge in [0.25, 0.3) is 0 Å². The van der Waals surface area contributed by atoms with Crippen molar-refractivity contribution < 1.29 is 9.59 Å². The molecule has 0 atom stereocenters. The Morgan fingerprint density at radius 2 is 1.84 bits per heavy atom. The highest BCUT2D eigenvalue weighted by Gasteiger charge is 2.24. The molecular weight excluding hydrogens is 242 g/mol. The molecule has 2 amide bonds. The lowest BCUT2D eigenvalue weighted by molar-refractivity contribution is -0.123. The largest absolute Gasteiger partial charge is 0.369 e. The first-order chi connectivity index (χ1) is 8.99. The lowest BCUT2D eigenvalue weighted by Crippen LogP contribution is -2.42. The lowest BCUT2D eigenvalue weighted by Gasteiger charge is -2.27. The SMILES string of the molecule is CC(C)CCNC(=O)CNC1CCC(C(N)=O)CC1. The fourth-order valence-corrected chi connectivity index (χ4v) is 2.38. The quantitative estimate of drug-likeness (QED) is 0.638. The van der Waals surface area contributed by atoms with E-state index < -0.39 is 0 Å². The number of nitrogens with one attached hydrogen (secondary N) is 2. The van der Waals surface area contributed by atoms with Crippen LogP contribution in [-0.2, 0) is 9.59 Å². The number of carbonyl (C=O) groups is 2. The minimum absolute atomic E-state index is 0.0259. The van der Waals surface area contributed by atoms with Crippen molar-refractivity contribution in [2.24, 2.45) is 17.6 Å². The van der Waals surface area contributed by atoms with Gasteiger partial charge in [-0.25, -0.2) is 0 Å². The molecule has 5 nitrogen and oxygen atoms in total. The number of hydrogen-bond acceptors (Lipinski definition) is 3. The van der Waals surface area contributed by atoms with E-state index in [0.29, 0.717) is 18.5 Å². The number of rotatable bonds is 7. The molecule has 19 heavy (non-hydrogen) atoms. The Morgan fingerprint density at radius 1 is 1.21 bits per heavy atom. The van der Waals surface area contributed by atoms with E-state index in [4.69, 9.17) is 5.73 Å². The molecule has 1 rings (SSSR count). The van der Waals surface area contributed by atoms with Gasteiger partial charge in [0.15, 0.2) is 0 Å². The molecule has 0 bridgehead atoms. The van der Waals surface area contributed by atoms with Crippen molar-refractivity contribution >= 4 is 11.8 Å². The van der Waals surface area contributed by atoms with Gasteiger partial charge in [0, 0.05) is 18.5 Å². The molecule has 0 heterocycles. The third-order valence-corrected chi connectivity index (χ3v) is 3.72. The van der Waals surface area contributed by atoms with Crippen molar-refractivity contribution in [1.29, 1.82) is 0 Å². The molecule has 0 unspecified atom stereocenters. The second kappa shape index (κ2) is 8.15. The van der Waals surface area contributed by atoms with Gasteiger partial charge in [-0.2, -0.15) is 0 Å². The minimum atomic E-state index is -0.190. The van der Waals surface area contributed by atoms with Crippen LogP contribution < -0.4 is 16.4 Å². The van der Waals surface area contributed by atoms with Crippen molar-refractivity contribution in [2.75, 3.05) is 13.1 Å². The van der Waals surface area contributed by atoms with Crippen LogP contribution in [0.5, 0.6) is 0 Å². The maximum atomic E-state index is 11.6. The van der Waals surface area contributed by atoms with E-state index >= 15 is 0 Å². The zero-order valence-corrected chi connectivity index (χ0v) is 12.1. The van der Waals surface area contributed by atoms with Crippen molar-refractivity contribution in [3.05, 3.63) is 0 Å². The molecule has 0 aliphatic heterocycles. The monoisotopic (exact) mass is 269 g/mol. The van der Waals surface area contributed by atoms with Crippen LogP contribution in [0.4, 0.5) is 0 Å². The third kappa shape index (κ3) is 6.57. The molecule has 0 aromatic heterocycles. The van der Waals surface area contributed by atoms with E-state index in [-0.39, 0.29) is 17.7 Å². The molecule has 0 radical (unpaired) electrons. The summed E-state index contributed by atoms with van der Waals surface area (Å²) in [6.45, 7) is 5.39. The topological polar surface area (TPSA) is 84.2 Å². The predicted octanol–water partition coefficient (Wildman–Crippen LogP) is 0.782. The molecule has 1 fully saturated rings. The van der Waals surface area contributed by atoms with Gasteiger partial charge >= 0.3 is 0 Å². The highest BCUT2D eigenvalue weighted by Crippen LogP contribution is 2.23. The van der Waals surface area contributed by atoms with Crippen LogP contribution in [0.2, 0.25) is 0 Å². The summed E-state index contributed by atoms with van der Waals surface area (Å²) in [6.07, 6.45) is 4.53. The predicted molar refractivity (Wildman–Crippen MR) is 75.4 cm³/mol. The zero-order chi connectivity index (χ0) is 14.3. The van der Waals surface area contributed by atoms with Crippen molar-refractivity contribution in [1.82, 2.24) is 10.6 Å². The van der Waals surface area contributed by atoms with Crippen LogP contribution in [0.1, 0.15) is 46.0 Å². The first-order valence-electron chi connectivity index (χ1n) is 7.28. The Morgan fingerprint density at radius 3 is 2.37 bits per heavy atom. The number of nitrogens with two attached hydrogens (primary N) is 1. The van der Waals surface area contributed by atoms with Crippen LogP contribution in [0.3, 0.4) is 0 Å². The summed E-state index contributed by atoms with van der Waals surface area (Å²) in [4.78, 5) is 22.6. The second-order valence-corrected chi connectivity index (χ2v) is 5.86. The maximum Gasteiger partial charge on any atom is 0.233 e. The second-order valence-electron chi connectivity index (χ2n) is 5.86. The van der Waals surface area contributed by atoms with Crippen LogP contribution in [-0.4, -0.2) is 30.9 Å². The van der Waals surface area contributed by atoms with Gasteiger partial charge in [-0.1, -0.05) is 13.8 Å². The van der Waals surface area contributed by atoms with Gasteiger partial charge in [0.05, 0.1) is 6.54 Å². The fraction of sp³-hybridized carbons (Fsp3) is 0.857. The van der Waals surface area contributed by atoms with E-state index in [9.17, 15) is 9.59 Å². The number of hydrogen-bond donors (Lipinski definition) is 3. The van der Waals surface area contributed by atoms with Gasteiger partial charge in [0.2, 0.25) is 11.8 Å². The summed E-state index contributed by atoms with van der Waals surface area (Å²) in [5.74, 6) is 0.498. The maximum absolute atomic E-state index is 11.6. The van der Waals surface area contributed by atoms with Crippen molar-refractivity contribution in [2.45, 2.75) is 52.0 Å².